The molecule has 66 valence electrons. The van der Waals surface area contributed by atoms with Crippen molar-refractivity contribution >= 4 is 16.5 Å². The molecule has 0 radical (unpaired) electrons. The van der Waals surface area contributed by atoms with Crippen LogP contribution in [0.5, 0.6) is 0 Å². The van der Waals surface area contributed by atoms with Gasteiger partial charge in [-0.05, 0) is 6.92 Å². The van der Waals surface area contributed by atoms with E-state index >= 15 is 0 Å². The van der Waals surface area contributed by atoms with Crippen molar-refractivity contribution < 1.29 is 26.0 Å². The van der Waals surface area contributed by atoms with Crippen LogP contribution in [-0.2, 0) is 24.2 Å². The summed E-state index contributed by atoms with van der Waals surface area (Å²) < 4.78 is 38.9. The van der Waals surface area contributed by atoms with E-state index in [1.807, 2.05) is 0 Å². The summed E-state index contributed by atoms with van der Waals surface area (Å²) in [5.41, 5.74) is 0. The number of rotatable bonds is 3. The van der Waals surface area contributed by atoms with Crippen molar-refractivity contribution in [1.29, 1.82) is 0 Å². The Morgan fingerprint density at radius 3 is 2.27 bits per heavy atom. The van der Waals surface area contributed by atoms with Gasteiger partial charge in [0.25, 0.3) is 0 Å². The molecule has 0 aromatic carbocycles. The molecule has 0 heterocycles. The van der Waals surface area contributed by atoms with Gasteiger partial charge in [0.05, 0.1) is 7.11 Å². The average Bonchev–Trinajstić information content (AvgIpc) is 1.82. The molecular formula is C4H7FO5S. The molecule has 0 aromatic rings. The first-order chi connectivity index (χ1) is 4.87. The fraction of sp³-hybridized carbons (Fsp3) is 0.750. The summed E-state index contributed by atoms with van der Waals surface area (Å²) in [6.07, 6.45) is -1.45. The number of carbonyl (C=O) groups is 1. The number of methoxy groups -OCH3 is 1. The molecule has 0 spiro atoms. The second-order valence-corrected chi connectivity index (χ2v) is 2.63. The first-order valence-electron chi connectivity index (χ1n) is 2.57. The van der Waals surface area contributed by atoms with Gasteiger partial charge in [-0.3, -0.25) is 0 Å². The zero-order valence-corrected chi connectivity index (χ0v) is 6.72. The van der Waals surface area contributed by atoms with Gasteiger partial charge >= 0.3 is 16.5 Å². The summed E-state index contributed by atoms with van der Waals surface area (Å²) in [5, 5.41) is 0. The molecule has 0 aliphatic rings. The second-order valence-electron chi connectivity index (χ2n) is 1.65. The number of carbonyl (C=O) groups excluding carboxylic acids is 1. The molecule has 0 aliphatic heterocycles. The lowest BCUT2D eigenvalue weighted by Gasteiger charge is -2.04. The van der Waals surface area contributed by atoms with Crippen molar-refractivity contribution in [3.05, 3.63) is 0 Å². The lowest BCUT2D eigenvalue weighted by Crippen LogP contribution is -2.23. The van der Waals surface area contributed by atoms with Crippen molar-refractivity contribution in [3.8, 4) is 0 Å². The topological polar surface area (TPSA) is 69.7 Å². The summed E-state index contributed by atoms with van der Waals surface area (Å²) in [5.74, 6) is -0.953. The van der Waals surface area contributed by atoms with Gasteiger partial charge in [-0.15, -0.1) is 0 Å². The van der Waals surface area contributed by atoms with Crippen LogP contribution in [0.4, 0.5) is 3.89 Å². The van der Waals surface area contributed by atoms with Crippen molar-refractivity contribution in [3.63, 3.8) is 0 Å². The van der Waals surface area contributed by atoms with E-state index in [2.05, 4.69) is 8.92 Å². The standard InChI is InChI=1S/C4H7FO5S/c1-3(4(6)9-2)10-11(5,7)8/h3H,1-2H3/t3-/m0/s1. The van der Waals surface area contributed by atoms with Gasteiger partial charge in [-0.1, -0.05) is 3.89 Å². The minimum absolute atomic E-state index is 0.953. The first kappa shape index (κ1) is 10.3. The number of halogens is 1. The van der Waals surface area contributed by atoms with E-state index in [0.29, 0.717) is 0 Å². The molecule has 1 atom stereocenters. The predicted molar refractivity (Wildman–Crippen MR) is 32.6 cm³/mol. The van der Waals surface area contributed by atoms with Crippen LogP contribution >= 0.6 is 0 Å². The Morgan fingerprint density at radius 2 is 2.00 bits per heavy atom. The highest BCUT2D eigenvalue weighted by molar-refractivity contribution is 7.81. The minimum Gasteiger partial charge on any atom is -0.467 e. The van der Waals surface area contributed by atoms with Crippen LogP contribution in [0.15, 0.2) is 0 Å². The monoisotopic (exact) mass is 186 g/mol. The molecule has 0 rings (SSSR count). The molecule has 0 aromatic heterocycles. The molecular weight excluding hydrogens is 179 g/mol. The summed E-state index contributed by atoms with van der Waals surface area (Å²) in [7, 11) is -4.04. The number of esters is 1. The Labute approximate surface area is 63.5 Å². The van der Waals surface area contributed by atoms with E-state index in [-0.39, 0.29) is 0 Å². The van der Waals surface area contributed by atoms with Crippen molar-refractivity contribution in [2.45, 2.75) is 13.0 Å². The van der Waals surface area contributed by atoms with E-state index in [1.54, 1.807) is 0 Å². The molecule has 5 nitrogen and oxygen atoms in total. The third kappa shape index (κ3) is 4.68. The molecule has 7 heteroatoms. The average molecular weight is 186 g/mol. The van der Waals surface area contributed by atoms with Crippen LogP contribution in [0.25, 0.3) is 0 Å². The van der Waals surface area contributed by atoms with Crippen molar-refractivity contribution in [2.75, 3.05) is 7.11 Å². The van der Waals surface area contributed by atoms with Gasteiger partial charge in [0.15, 0.2) is 6.10 Å². The Balaban J connectivity index is 4.09. The van der Waals surface area contributed by atoms with Crippen LogP contribution in [-0.4, -0.2) is 27.6 Å². The van der Waals surface area contributed by atoms with Crippen LogP contribution in [0, 0.1) is 0 Å². The Morgan fingerprint density at radius 1 is 1.55 bits per heavy atom. The van der Waals surface area contributed by atoms with Crippen LogP contribution in [0.2, 0.25) is 0 Å². The van der Waals surface area contributed by atoms with Gasteiger partial charge in [0, 0.05) is 0 Å². The van der Waals surface area contributed by atoms with Crippen LogP contribution in [0.1, 0.15) is 6.92 Å². The van der Waals surface area contributed by atoms with E-state index in [4.69, 9.17) is 0 Å². The quantitative estimate of drug-likeness (QED) is 0.450. The second kappa shape index (κ2) is 3.63. The van der Waals surface area contributed by atoms with E-state index in [0.717, 1.165) is 14.0 Å². The first-order valence-corrected chi connectivity index (χ1v) is 3.88. The van der Waals surface area contributed by atoms with Crippen LogP contribution in [0.3, 0.4) is 0 Å². The maximum Gasteiger partial charge on any atom is 0.438 e. The van der Waals surface area contributed by atoms with Gasteiger partial charge in [0.2, 0.25) is 0 Å². The van der Waals surface area contributed by atoms with E-state index < -0.39 is 22.6 Å². The third-order valence-electron chi connectivity index (χ3n) is 0.792. The molecule has 0 unspecified atom stereocenters. The number of hydrogen-bond acceptors (Lipinski definition) is 5. The molecule has 0 amide bonds. The summed E-state index contributed by atoms with van der Waals surface area (Å²) in [6, 6.07) is 0. The van der Waals surface area contributed by atoms with Crippen molar-refractivity contribution in [1.82, 2.24) is 0 Å². The van der Waals surface area contributed by atoms with Crippen LogP contribution < -0.4 is 0 Å². The zero-order chi connectivity index (χ0) is 9.07. The van der Waals surface area contributed by atoms with E-state index in [9.17, 15) is 17.1 Å². The molecule has 0 fully saturated rings. The fourth-order valence-electron chi connectivity index (χ4n) is 0.378. The molecule has 11 heavy (non-hydrogen) atoms. The normalized spacial score (nSPS) is 14.1. The van der Waals surface area contributed by atoms with Gasteiger partial charge in [-0.25, -0.2) is 8.98 Å². The smallest absolute Gasteiger partial charge is 0.438 e. The lowest BCUT2D eigenvalue weighted by atomic mass is 10.4. The Kier molecular flexibility index (Phi) is 3.40. The largest absolute Gasteiger partial charge is 0.467 e. The SMILES string of the molecule is COC(=O)[C@H](C)OS(=O)(=O)F. The minimum atomic E-state index is -5.08. The Bertz CT molecular complexity index is 233. The molecule has 0 saturated carbocycles. The Hall–Kier alpha value is -0.690. The highest BCUT2D eigenvalue weighted by atomic mass is 32.3. The zero-order valence-electron chi connectivity index (χ0n) is 5.90. The maximum atomic E-state index is 11.7. The number of ether oxygens (including phenoxy) is 1. The third-order valence-corrected chi connectivity index (χ3v) is 1.31. The van der Waals surface area contributed by atoms with Crippen molar-refractivity contribution in [2.24, 2.45) is 0 Å². The molecule has 0 aliphatic carbocycles. The summed E-state index contributed by atoms with van der Waals surface area (Å²) in [4.78, 5) is 10.4. The molecule has 0 N–H and O–H groups in total. The summed E-state index contributed by atoms with van der Waals surface area (Å²) in [6.45, 7) is 1.06. The molecule has 0 saturated heterocycles. The molecule has 0 bridgehead atoms. The van der Waals surface area contributed by atoms with Gasteiger partial charge in [0.1, 0.15) is 0 Å². The predicted octanol–water partition coefficient (Wildman–Crippen LogP) is -0.221. The maximum absolute atomic E-state index is 11.7. The lowest BCUT2D eigenvalue weighted by molar-refractivity contribution is -0.147. The highest BCUT2D eigenvalue weighted by Crippen LogP contribution is 2.01. The van der Waals surface area contributed by atoms with Gasteiger partial charge in [-0.2, -0.15) is 8.42 Å². The number of hydrogen-bond donors (Lipinski definition) is 0. The summed E-state index contributed by atoms with van der Waals surface area (Å²) >= 11 is 0. The highest BCUT2D eigenvalue weighted by Gasteiger charge is 2.21. The fourth-order valence-corrected chi connectivity index (χ4v) is 0.801. The van der Waals surface area contributed by atoms with E-state index in [1.165, 1.54) is 0 Å². The van der Waals surface area contributed by atoms with Gasteiger partial charge < -0.3 is 4.74 Å².